The Morgan fingerprint density at radius 3 is 3.05 bits per heavy atom. The van der Waals surface area contributed by atoms with E-state index in [1.165, 1.54) is 23.9 Å². The van der Waals surface area contributed by atoms with Crippen LogP contribution in [0.2, 0.25) is 0 Å². The Hall–Kier alpha value is -1.27. The van der Waals surface area contributed by atoms with Gasteiger partial charge in [0.25, 0.3) is 0 Å². The van der Waals surface area contributed by atoms with E-state index in [2.05, 4.69) is 5.32 Å². The molecule has 6 heteroatoms. The quantitative estimate of drug-likeness (QED) is 0.907. The topological polar surface area (TPSA) is 47.6 Å². The maximum Gasteiger partial charge on any atom is 0.230 e. The minimum Gasteiger partial charge on any atom is -0.467 e. The molecule has 0 unspecified atom stereocenters. The first-order valence-electron chi connectivity index (χ1n) is 6.45. The first-order chi connectivity index (χ1) is 9.56. The fourth-order valence-electron chi connectivity index (χ4n) is 1.98. The summed E-state index contributed by atoms with van der Waals surface area (Å²) in [6.07, 6.45) is 0. The molecule has 0 aliphatic carbocycles. The molecule has 4 nitrogen and oxygen atoms in total. The Morgan fingerprint density at radius 1 is 1.50 bits per heavy atom. The van der Waals surface area contributed by atoms with Crippen molar-refractivity contribution < 1.29 is 18.7 Å². The molecule has 0 bridgehead atoms. The molecule has 1 aliphatic rings. The van der Waals surface area contributed by atoms with Crippen molar-refractivity contribution in [1.82, 2.24) is 5.32 Å². The third-order valence-electron chi connectivity index (χ3n) is 2.69. The molecule has 0 fully saturated rings. The number of hydrogen-bond donors (Lipinski definition) is 1. The molecule has 0 saturated carbocycles. The van der Waals surface area contributed by atoms with E-state index in [0.29, 0.717) is 23.9 Å². The predicted molar refractivity (Wildman–Crippen MR) is 76.1 cm³/mol. The number of halogens is 1. The standard InChI is InChI=1S/C14H18FNO3S/c1-9(2)16-13(17)7-20-6-11-4-12(15)3-10-5-18-8-19-14(10)11/h3-4,9H,5-8H2,1-2H3,(H,16,17). The van der Waals surface area contributed by atoms with Gasteiger partial charge < -0.3 is 14.8 Å². The summed E-state index contributed by atoms with van der Waals surface area (Å²) in [5, 5.41) is 2.82. The molecule has 1 aromatic rings. The molecule has 0 saturated heterocycles. The van der Waals surface area contributed by atoms with E-state index in [-0.39, 0.29) is 24.6 Å². The highest BCUT2D eigenvalue weighted by molar-refractivity contribution is 7.99. The van der Waals surface area contributed by atoms with Gasteiger partial charge in [-0.1, -0.05) is 0 Å². The third-order valence-corrected chi connectivity index (χ3v) is 3.67. The van der Waals surface area contributed by atoms with Crippen molar-refractivity contribution in [3.05, 3.63) is 29.1 Å². The zero-order chi connectivity index (χ0) is 14.5. The summed E-state index contributed by atoms with van der Waals surface area (Å²) in [5.41, 5.74) is 1.49. The largest absolute Gasteiger partial charge is 0.467 e. The van der Waals surface area contributed by atoms with Crippen LogP contribution in [-0.2, 0) is 21.9 Å². The second kappa shape index (κ2) is 6.95. The summed E-state index contributed by atoms with van der Waals surface area (Å²) >= 11 is 1.44. The van der Waals surface area contributed by atoms with E-state index in [0.717, 1.165) is 11.1 Å². The molecule has 110 valence electrons. The van der Waals surface area contributed by atoms with E-state index < -0.39 is 0 Å². The number of fused-ring (bicyclic) bond motifs is 1. The van der Waals surface area contributed by atoms with Crippen molar-refractivity contribution in [2.75, 3.05) is 12.5 Å². The Bertz CT molecular complexity index is 494. The number of ether oxygens (including phenoxy) is 2. The molecular formula is C14H18FNO3S. The number of carbonyl (C=O) groups is 1. The van der Waals surface area contributed by atoms with Gasteiger partial charge in [0.2, 0.25) is 5.91 Å². The lowest BCUT2D eigenvalue weighted by molar-refractivity contribution is -0.119. The van der Waals surface area contributed by atoms with Crippen LogP contribution in [0.5, 0.6) is 5.75 Å². The summed E-state index contributed by atoms with van der Waals surface area (Å²) in [4.78, 5) is 11.5. The lowest BCUT2D eigenvalue weighted by atomic mass is 10.1. The van der Waals surface area contributed by atoms with Crippen LogP contribution < -0.4 is 10.1 Å². The highest BCUT2D eigenvalue weighted by atomic mass is 32.2. The van der Waals surface area contributed by atoms with Gasteiger partial charge in [0.15, 0.2) is 6.79 Å². The van der Waals surface area contributed by atoms with Crippen molar-refractivity contribution in [1.29, 1.82) is 0 Å². The minimum atomic E-state index is -0.305. The van der Waals surface area contributed by atoms with Crippen LogP contribution in [0.1, 0.15) is 25.0 Å². The molecule has 2 rings (SSSR count). The van der Waals surface area contributed by atoms with Gasteiger partial charge in [0.05, 0.1) is 12.4 Å². The molecule has 0 aromatic heterocycles. The van der Waals surface area contributed by atoms with Crippen molar-refractivity contribution in [3.63, 3.8) is 0 Å². The van der Waals surface area contributed by atoms with Crippen LogP contribution in [0, 0.1) is 5.82 Å². The number of benzene rings is 1. The predicted octanol–water partition coefficient (Wildman–Crippen LogP) is 2.45. The number of carbonyl (C=O) groups excluding carboxylic acids is 1. The fraction of sp³-hybridized carbons (Fsp3) is 0.500. The summed E-state index contributed by atoms with van der Waals surface area (Å²) in [6, 6.07) is 3.01. The number of thioether (sulfide) groups is 1. The second-order valence-corrected chi connectivity index (χ2v) is 5.86. The summed E-state index contributed by atoms with van der Waals surface area (Å²) in [5.74, 6) is 1.25. The van der Waals surface area contributed by atoms with Crippen LogP contribution in [-0.4, -0.2) is 24.5 Å². The summed E-state index contributed by atoms with van der Waals surface area (Å²) in [6.45, 7) is 4.38. The Kier molecular flexibility index (Phi) is 5.25. The van der Waals surface area contributed by atoms with Gasteiger partial charge in [0, 0.05) is 22.9 Å². The van der Waals surface area contributed by atoms with Gasteiger partial charge >= 0.3 is 0 Å². The number of amides is 1. The molecular weight excluding hydrogens is 281 g/mol. The molecule has 1 aliphatic heterocycles. The van der Waals surface area contributed by atoms with Crippen molar-refractivity contribution in [3.8, 4) is 5.75 Å². The fourth-order valence-corrected chi connectivity index (χ4v) is 2.79. The molecule has 0 spiro atoms. The minimum absolute atomic E-state index is 0.0143. The normalized spacial score (nSPS) is 13.8. The average Bonchev–Trinajstić information content (AvgIpc) is 2.37. The summed E-state index contributed by atoms with van der Waals surface area (Å²) < 4.78 is 24.1. The first-order valence-corrected chi connectivity index (χ1v) is 7.60. The van der Waals surface area contributed by atoms with Crippen molar-refractivity contribution in [2.24, 2.45) is 0 Å². The van der Waals surface area contributed by atoms with E-state index in [4.69, 9.17) is 9.47 Å². The number of nitrogens with one attached hydrogen (secondary N) is 1. The maximum absolute atomic E-state index is 13.5. The van der Waals surface area contributed by atoms with Gasteiger partial charge in [-0.3, -0.25) is 4.79 Å². The lowest BCUT2D eigenvalue weighted by Gasteiger charge is -2.20. The van der Waals surface area contributed by atoms with E-state index in [9.17, 15) is 9.18 Å². The summed E-state index contributed by atoms with van der Waals surface area (Å²) in [7, 11) is 0. The van der Waals surface area contributed by atoms with E-state index >= 15 is 0 Å². The van der Waals surface area contributed by atoms with Gasteiger partial charge in [-0.05, 0) is 26.0 Å². The Labute approximate surface area is 122 Å². The molecule has 1 N–H and O–H groups in total. The molecule has 0 radical (unpaired) electrons. The number of rotatable bonds is 5. The molecule has 1 aromatic carbocycles. The Morgan fingerprint density at radius 2 is 2.30 bits per heavy atom. The van der Waals surface area contributed by atoms with Crippen LogP contribution in [0.4, 0.5) is 4.39 Å². The monoisotopic (exact) mass is 299 g/mol. The van der Waals surface area contributed by atoms with Crippen molar-refractivity contribution >= 4 is 17.7 Å². The highest BCUT2D eigenvalue weighted by Crippen LogP contribution is 2.31. The smallest absolute Gasteiger partial charge is 0.230 e. The van der Waals surface area contributed by atoms with Gasteiger partial charge in [-0.15, -0.1) is 11.8 Å². The second-order valence-electron chi connectivity index (χ2n) is 4.88. The van der Waals surface area contributed by atoms with E-state index in [1.54, 1.807) is 0 Å². The average molecular weight is 299 g/mol. The third kappa shape index (κ3) is 4.11. The zero-order valence-electron chi connectivity index (χ0n) is 11.6. The van der Waals surface area contributed by atoms with E-state index in [1.807, 2.05) is 13.8 Å². The highest BCUT2D eigenvalue weighted by Gasteiger charge is 2.17. The first kappa shape index (κ1) is 15.1. The van der Waals surface area contributed by atoms with Crippen LogP contribution in [0.25, 0.3) is 0 Å². The lowest BCUT2D eigenvalue weighted by Crippen LogP contribution is -2.31. The Balaban J connectivity index is 1.96. The zero-order valence-corrected chi connectivity index (χ0v) is 12.4. The molecule has 20 heavy (non-hydrogen) atoms. The number of hydrogen-bond acceptors (Lipinski definition) is 4. The van der Waals surface area contributed by atoms with Gasteiger partial charge in [-0.2, -0.15) is 0 Å². The van der Waals surface area contributed by atoms with Gasteiger partial charge in [0.1, 0.15) is 11.6 Å². The molecule has 1 heterocycles. The van der Waals surface area contributed by atoms with Crippen LogP contribution in [0.15, 0.2) is 12.1 Å². The maximum atomic E-state index is 13.5. The van der Waals surface area contributed by atoms with Crippen LogP contribution in [0.3, 0.4) is 0 Å². The molecule has 0 atom stereocenters. The van der Waals surface area contributed by atoms with Crippen molar-refractivity contribution in [2.45, 2.75) is 32.2 Å². The van der Waals surface area contributed by atoms with Crippen LogP contribution >= 0.6 is 11.8 Å². The molecule has 1 amide bonds. The van der Waals surface area contributed by atoms with Gasteiger partial charge in [-0.25, -0.2) is 4.39 Å². The SMILES string of the molecule is CC(C)NC(=O)CSCc1cc(F)cc2c1OCOC2.